The number of hydrogen-bond acceptors (Lipinski definition) is 6. The van der Waals surface area contributed by atoms with Gasteiger partial charge in [-0.25, -0.2) is 4.39 Å². The molecule has 33 heavy (non-hydrogen) atoms. The quantitative estimate of drug-likeness (QED) is 0.236. The second kappa shape index (κ2) is 12.9. The third-order valence-corrected chi connectivity index (χ3v) is 5.81. The Morgan fingerprint density at radius 3 is 2.45 bits per heavy atom. The summed E-state index contributed by atoms with van der Waals surface area (Å²) >= 11 is 1.63. The van der Waals surface area contributed by atoms with Gasteiger partial charge in [0.15, 0.2) is 0 Å². The summed E-state index contributed by atoms with van der Waals surface area (Å²) in [4.78, 5) is 0. The Morgan fingerprint density at radius 2 is 1.64 bits per heavy atom. The lowest BCUT2D eigenvalue weighted by Crippen LogP contribution is -2.16. The molecule has 1 aromatic heterocycles. The third-order valence-electron chi connectivity index (χ3n) is 4.80. The number of benzene rings is 3. The molecule has 0 radical (unpaired) electrons. The fourth-order valence-electron chi connectivity index (χ4n) is 3.15. The van der Waals surface area contributed by atoms with E-state index in [1.54, 1.807) is 28.6 Å². The number of rotatable bonds is 11. The molecular formula is C24H25ClFN5OS. The lowest BCUT2D eigenvalue weighted by atomic mass is 10.2. The number of hydrogen-bond donors (Lipinski definition) is 1. The topological polar surface area (TPSA) is 64.9 Å². The molecule has 0 aliphatic rings. The minimum atomic E-state index is -0.251. The van der Waals surface area contributed by atoms with Gasteiger partial charge >= 0.3 is 0 Å². The van der Waals surface area contributed by atoms with Crippen LogP contribution in [0.3, 0.4) is 0 Å². The lowest BCUT2D eigenvalue weighted by Gasteiger charge is -2.12. The highest BCUT2D eigenvalue weighted by Gasteiger charge is 2.09. The highest BCUT2D eigenvalue weighted by Crippen LogP contribution is 2.21. The number of halogens is 2. The Labute approximate surface area is 203 Å². The molecular weight excluding hydrogens is 461 g/mol. The van der Waals surface area contributed by atoms with Crippen molar-refractivity contribution in [3.8, 4) is 11.4 Å². The lowest BCUT2D eigenvalue weighted by molar-refractivity contribution is 0.296. The van der Waals surface area contributed by atoms with Gasteiger partial charge in [0.1, 0.15) is 18.2 Å². The molecule has 0 atom stereocenters. The minimum absolute atomic E-state index is 0. The molecule has 0 amide bonds. The van der Waals surface area contributed by atoms with Crippen molar-refractivity contribution in [1.29, 1.82) is 0 Å². The number of ether oxygens (including phenoxy) is 1. The summed E-state index contributed by atoms with van der Waals surface area (Å²) in [5.41, 5.74) is 2.54. The van der Waals surface area contributed by atoms with E-state index in [1.807, 2.05) is 60.7 Å². The summed E-state index contributed by atoms with van der Waals surface area (Å²) in [6, 6.07) is 24.4. The SMILES string of the molecule is Cl.Fc1ccccc1COc1ccccc1CNCCCSc1nnnn1-c1ccccc1. The van der Waals surface area contributed by atoms with Crippen molar-refractivity contribution in [1.82, 2.24) is 25.5 Å². The molecule has 0 bridgehead atoms. The molecule has 0 saturated heterocycles. The molecule has 3 aromatic carbocycles. The fraction of sp³-hybridized carbons (Fsp3) is 0.208. The predicted octanol–water partition coefficient (Wildman–Crippen LogP) is 5.07. The highest BCUT2D eigenvalue weighted by atomic mass is 35.5. The maximum absolute atomic E-state index is 13.8. The molecule has 0 saturated carbocycles. The van der Waals surface area contributed by atoms with Crippen LogP contribution in [-0.2, 0) is 13.2 Å². The van der Waals surface area contributed by atoms with Crippen LogP contribution in [0.5, 0.6) is 5.75 Å². The van der Waals surface area contributed by atoms with Crippen LogP contribution >= 0.6 is 24.2 Å². The second-order valence-electron chi connectivity index (χ2n) is 7.08. The molecule has 0 unspecified atom stereocenters. The molecule has 9 heteroatoms. The van der Waals surface area contributed by atoms with Gasteiger partial charge in [0.05, 0.1) is 5.69 Å². The molecule has 1 N–H and O–H groups in total. The van der Waals surface area contributed by atoms with Gasteiger partial charge in [-0.1, -0.05) is 66.4 Å². The van der Waals surface area contributed by atoms with Crippen LogP contribution in [0, 0.1) is 5.82 Å². The largest absolute Gasteiger partial charge is 0.488 e. The van der Waals surface area contributed by atoms with Crippen molar-refractivity contribution in [2.24, 2.45) is 0 Å². The van der Waals surface area contributed by atoms with Gasteiger partial charge in [-0.15, -0.1) is 17.5 Å². The number of nitrogens with zero attached hydrogens (tertiary/aromatic N) is 4. The van der Waals surface area contributed by atoms with Gasteiger partial charge in [0.25, 0.3) is 0 Å². The number of aromatic nitrogens is 4. The molecule has 0 aliphatic carbocycles. The Bertz CT molecular complexity index is 1130. The standard InChI is InChI=1S/C24H24FN5OS.ClH/c25-22-13-6-4-10-20(22)18-31-23-14-7-5-9-19(23)17-26-15-8-16-32-24-27-28-29-30(24)21-11-2-1-3-12-21;/h1-7,9-14,26H,8,15-18H2;1H. The summed E-state index contributed by atoms with van der Waals surface area (Å²) in [5.74, 6) is 1.41. The Balaban J connectivity index is 0.00000306. The number of para-hydroxylation sites is 2. The van der Waals surface area contributed by atoms with Crippen molar-refractivity contribution in [3.63, 3.8) is 0 Å². The Hall–Kier alpha value is -2.94. The van der Waals surface area contributed by atoms with Gasteiger partial charge in [-0.3, -0.25) is 0 Å². The van der Waals surface area contributed by atoms with Crippen LogP contribution in [-0.4, -0.2) is 32.5 Å². The zero-order chi connectivity index (χ0) is 22.0. The van der Waals surface area contributed by atoms with Crippen molar-refractivity contribution >= 4 is 24.2 Å². The van der Waals surface area contributed by atoms with Gasteiger partial charge in [0.2, 0.25) is 5.16 Å². The van der Waals surface area contributed by atoms with E-state index in [0.29, 0.717) is 12.1 Å². The monoisotopic (exact) mass is 485 g/mol. The molecule has 6 nitrogen and oxygen atoms in total. The van der Waals surface area contributed by atoms with Gasteiger partial charge in [-0.05, 0) is 47.7 Å². The molecule has 4 rings (SSSR count). The van der Waals surface area contributed by atoms with Crippen molar-refractivity contribution in [2.75, 3.05) is 12.3 Å². The van der Waals surface area contributed by atoms with E-state index in [-0.39, 0.29) is 24.8 Å². The number of thioether (sulfide) groups is 1. The van der Waals surface area contributed by atoms with E-state index in [1.165, 1.54) is 6.07 Å². The molecule has 4 aromatic rings. The normalized spacial score (nSPS) is 10.6. The van der Waals surface area contributed by atoms with E-state index in [4.69, 9.17) is 4.74 Å². The Kier molecular flexibility index (Phi) is 9.68. The zero-order valence-corrected chi connectivity index (χ0v) is 19.6. The summed E-state index contributed by atoms with van der Waals surface area (Å²) in [7, 11) is 0. The summed E-state index contributed by atoms with van der Waals surface area (Å²) in [5, 5.41) is 16.2. The first-order valence-electron chi connectivity index (χ1n) is 10.4. The summed E-state index contributed by atoms with van der Waals surface area (Å²) in [6.07, 6.45) is 0.963. The van der Waals surface area contributed by atoms with E-state index in [9.17, 15) is 4.39 Å². The average molecular weight is 486 g/mol. The smallest absolute Gasteiger partial charge is 0.214 e. The average Bonchev–Trinajstić information content (AvgIpc) is 3.30. The van der Waals surface area contributed by atoms with Crippen LogP contribution in [0.2, 0.25) is 0 Å². The zero-order valence-electron chi connectivity index (χ0n) is 17.9. The molecule has 172 valence electrons. The first-order valence-corrected chi connectivity index (χ1v) is 11.4. The maximum Gasteiger partial charge on any atom is 0.214 e. The first kappa shape index (κ1) is 24.7. The van der Waals surface area contributed by atoms with Crippen LogP contribution < -0.4 is 10.1 Å². The Morgan fingerprint density at radius 1 is 0.909 bits per heavy atom. The number of tetrazole rings is 1. The van der Waals surface area contributed by atoms with E-state index in [2.05, 4.69) is 20.8 Å². The van der Waals surface area contributed by atoms with Crippen molar-refractivity contribution in [3.05, 3.63) is 95.8 Å². The van der Waals surface area contributed by atoms with Gasteiger partial charge in [-0.2, -0.15) is 4.68 Å². The summed E-state index contributed by atoms with van der Waals surface area (Å²) < 4.78 is 21.5. The van der Waals surface area contributed by atoms with E-state index < -0.39 is 0 Å². The maximum atomic E-state index is 13.8. The van der Waals surface area contributed by atoms with E-state index in [0.717, 1.165) is 40.9 Å². The molecule has 0 spiro atoms. The third kappa shape index (κ3) is 7.02. The van der Waals surface area contributed by atoms with Crippen molar-refractivity contribution < 1.29 is 9.13 Å². The van der Waals surface area contributed by atoms with Crippen LogP contribution in [0.25, 0.3) is 5.69 Å². The van der Waals surface area contributed by atoms with Gasteiger partial charge in [0, 0.05) is 23.4 Å². The first-order chi connectivity index (χ1) is 15.8. The molecule has 1 heterocycles. The van der Waals surface area contributed by atoms with Gasteiger partial charge < -0.3 is 10.1 Å². The number of nitrogens with one attached hydrogen (secondary N) is 1. The second-order valence-corrected chi connectivity index (χ2v) is 8.14. The summed E-state index contributed by atoms with van der Waals surface area (Å²) in [6.45, 7) is 1.73. The van der Waals surface area contributed by atoms with Crippen molar-refractivity contribution in [2.45, 2.75) is 24.7 Å². The molecule has 0 fully saturated rings. The fourth-order valence-corrected chi connectivity index (χ4v) is 3.98. The van der Waals surface area contributed by atoms with Crippen LogP contribution in [0.1, 0.15) is 17.5 Å². The predicted molar refractivity (Wildman–Crippen MR) is 131 cm³/mol. The van der Waals surface area contributed by atoms with Crippen LogP contribution in [0.15, 0.2) is 84.0 Å². The highest BCUT2D eigenvalue weighted by molar-refractivity contribution is 7.99. The van der Waals surface area contributed by atoms with Crippen LogP contribution in [0.4, 0.5) is 4.39 Å². The minimum Gasteiger partial charge on any atom is -0.488 e. The van der Waals surface area contributed by atoms with E-state index >= 15 is 0 Å². The molecule has 0 aliphatic heterocycles.